The molecule has 0 fully saturated rings. The average molecular weight is 180 g/mol. The third-order valence-electron chi connectivity index (χ3n) is 1.59. The SMILES string of the molecule is C=C(N)c1cnn(CCF)c1C#N. The first kappa shape index (κ1) is 9.26. The molecule has 0 unspecified atom stereocenters. The van der Waals surface area contributed by atoms with Crippen LogP contribution in [0.3, 0.4) is 0 Å². The molecule has 68 valence electrons. The van der Waals surface area contributed by atoms with Gasteiger partial charge in [0.1, 0.15) is 18.4 Å². The van der Waals surface area contributed by atoms with Crippen LogP contribution < -0.4 is 5.73 Å². The van der Waals surface area contributed by atoms with Gasteiger partial charge in [0, 0.05) is 5.70 Å². The van der Waals surface area contributed by atoms with Crippen molar-refractivity contribution in [2.75, 3.05) is 6.67 Å². The summed E-state index contributed by atoms with van der Waals surface area (Å²) >= 11 is 0. The number of aromatic nitrogens is 2. The lowest BCUT2D eigenvalue weighted by molar-refractivity contribution is 0.425. The second-order valence-electron chi connectivity index (χ2n) is 2.46. The lowest BCUT2D eigenvalue weighted by atomic mass is 10.2. The minimum absolute atomic E-state index is 0.0656. The Kier molecular flexibility index (Phi) is 2.65. The van der Waals surface area contributed by atoms with E-state index in [2.05, 4.69) is 11.7 Å². The Labute approximate surface area is 75.1 Å². The number of hydrogen-bond donors (Lipinski definition) is 1. The average Bonchev–Trinajstić information content (AvgIpc) is 2.48. The molecule has 5 heteroatoms. The van der Waals surface area contributed by atoms with Crippen molar-refractivity contribution in [3.05, 3.63) is 24.0 Å². The van der Waals surface area contributed by atoms with Crippen molar-refractivity contribution in [3.63, 3.8) is 0 Å². The van der Waals surface area contributed by atoms with Gasteiger partial charge in [-0.3, -0.25) is 4.68 Å². The van der Waals surface area contributed by atoms with Gasteiger partial charge in [-0.1, -0.05) is 6.58 Å². The van der Waals surface area contributed by atoms with Gasteiger partial charge in [0.15, 0.2) is 0 Å². The summed E-state index contributed by atoms with van der Waals surface area (Å²) in [5.41, 5.74) is 6.40. The Balaban J connectivity index is 3.12. The van der Waals surface area contributed by atoms with Crippen LogP contribution in [0.1, 0.15) is 11.3 Å². The zero-order valence-electron chi connectivity index (χ0n) is 7.00. The zero-order chi connectivity index (χ0) is 9.84. The second-order valence-corrected chi connectivity index (χ2v) is 2.46. The molecular formula is C8H9FN4. The number of nitriles is 1. The maximum Gasteiger partial charge on any atom is 0.147 e. The summed E-state index contributed by atoms with van der Waals surface area (Å²) in [7, 11) is 0. The Morgan fingerprint density at radius 1 is 1.85 bits per heavy atom. The first-order chi connectivity index (χ1) is 6.20. The van der Waals surface area contributed by atoms with Gasteiger partial charge >= 0.3 is 0 Å². The standard InChI is InChI=1S/C8H9FN4/c1-6(11)7-5-12-13(3-2-9)8(7)4-10/h5H,1-3,11H2. The predicted molar refractivity (Wildman–Crippen MR) is 46.1 cm³/mol. The van der Waals surface area contributed by atoms with E-state index in [1.165, 1.54) is 10.9 Å². The molecule has 0 saturated heterocycles. The summed E-state index contributed by atoms with van der Waals surface area (Å²) in [4.78, 5) is 0. The van der Waals surface area contributed by atoms with E-state index in [0.717, 1.165) is 0 Å². The number of alkyl halides is 1. The smallest absolute Gasteiger partial charge is 0.147 e. The first-order valence-corrected chi connectivity index (χ1v) is 3.67. The van der Waals surface area contributed by atoms with Crippen LogP contribution in [0.5, 0.6) is 0 Å². The fourth-order valence-electron chi connectivity index (χ4n) is 0.988. The van der Waals surface area contributed by atoms with Crippen molar-refractivity contribution >= 4 is 5.70 Å². The van der Waals surface area contributed by atoms with Crippen molar-refractivity contribution in [2.24, 2.45) is 5.73 Å². The summed E-state index contributed by atoms with van der Waals surface area (Å²) in [5, 5.41) is 12.5. The molecule has 0 aliphatic heterocycles. The van der Waals surface area contributed by atoms with Gasteiger partial charge in [-0.2, -0.15) is 10.4 Å². The van der Waals surface area contributed by atoms with Gasteiger partial charge in [0.25, 0.3) is 0 Å². The van der Waals surface area contributed by atoms with Gasteiger partial charge in [0.2, 0.25) is 0 Å². The number of rotatable bonds is 3. The minimum atomic E-state index is -0.563. The minimum Gasteiger partial charge on any atom is -0.399 e. The van der Waals surface area contributed by atoms with E-state index in [0.29, 0.717) is 5.56 Å². The molecule has 1 rings (SSSR count). The molecule has 0 amide bonds. The van der Waals surface area contributed by atoms with Crippen LogP contribution in [-0.4, -0.2) is 16.5 Å². The Bertz CT molecular complexity index is 361. The van der Waals surface area contributed by atoms with E-state index in [1.807, 2.05) is 6.07 Å². The van der Waals surface area contributed by atoms with E-state index in [-0.39, 0.29) is 17.9 Å². The Morgan fingerprint density at radius 3 is 3.00 bits per heavy atom. The molecule has 0 spiro atoms. The van der Waals surface area contributed by atoms with Gasteiger partial charge in [-0.05, 0) is 0 Å². The normalized spacial score (nSPS) is 9.54. The number of hydrogen-bond acceptors (Lipinski definition) is 3. The largest absolute Gasteiger partial charge is 0.399 e. The molecule has 0 radical (unpaired) electrons. The van der Waals surface area contributed by atoms with Crippen LogP contribution >= 0.6 is 0 Å². The molecule has 1 aromatic rings. The highest BCUT2D eigenvalue weighted by Crippen LogP contribution is 2.12. The number of halogens is 1. The third kappa shape index (κ3) is 1.67. The maximum atomic E-state index is 12.0. The molecule has 0 aromatic carbocycles. The van der Waals surface area contributed by atoms with E-state index < -0.39 is 6.67 Å². The molecular weight excluding hydrogens is 171 g/mol. The first-order valence-electron chi connectivity index (χ1n) is 3.67. The van der Waals surface area contributed by atoms with Crippen molar-refractivity contribution in [1.29, 1.82) is 5.26 Å². The summed E-state index contributed by atoms with van der Waals surface area (Å²) in [6.07, 6.45) is 1.41. The van der Waals surface area contributed by atoms with Gasteiger partial charge in [0.05, 0.1) is 18.3 Å². The quantitative estimate of drug-likeness (QED) is 0.742. The maximum absolute atomic E-state index is 12.0. The zero-order valence-corrected chi connectivity index (χ0v) is 7.00. The number of nitrogens with zero attached hydrogens (tertiary/aromatic N) is 3. The van der Waals surface area contributed by atoms with Crippen molar-refractivity contribution in [2.45, 2.75) is 6.54 Å². The Hall–Kier alpha value is -1.83. The fourth-order valence-corrected chi connectivity index (χ4v) is 0.988. The molecule has 1 aromatic heterocycles. The molecule has 0 atom stereocenters. The summed E-state index contributed by atoms with van der Waals surface area (Å²) in [5.74, 6) is 0. The third-order valence-corrected chi connectivity index (χ3v) is 1.59. The predicted octanol–water partition coefficient (Wildman–Crippen LogP) is 0.654. The van der Waals surface area contributed by atoms with Crippen LogP contribution in [0.25, 0.3) is 5.70 Å². The fraction of sp³-hybridized carbons (Fsp3) is 0.250. The van der Waals surface area contributed by atoms with Crippen LogP contribution in [-0.2, 0) is 6.54 Å². The van der Waals surface area contributed by atoms with Crippen molar-refractivity contribution < 1.29 is 4.39 Å². The van der Waals surface area contributed by atoms with E-state index in [9.17, 15) is 4.39 Å². The molecule has 1 heterocycles. The molecule has 0 saturated carbocycles. The number of aryl methyl sites for hydroxylation is 1. The number of nitrogens with two attached hydrogens (primary N) is 1. The molecule has 0 bridgehead atoms. The van der Waals surface area contributed by atoms with Crippen LogP contribution in [0.15, 0.2) is 12.8 Å². The molecule has 0 aliphatic rings. The Morgan fingerprint density at radius 2 is 2.54 bits per heavy atom. The molecule has 0 aliphatic carbocycles. The lowest BCUT2D eigenvalue weighted by Crippen LogP contribution is -2.05. The van der Waals surface area contributed by atoms with Crippen molar-refractivity contribution in [1.82, 2.24) is 9.78 Å². The highest BCUT2D eigenvalue weighted by molar-refractivity contribution is 5.64. The highest BCUT2D eigenvalue weighted by atomic mass is 19.1. The van der Waals surface area contributed by atoms with Crippen LogP contribution in [0, 0.1) is 11.3 Å². The summed E-state index contributed by atoms with van der Waals surface area (Å²) in [6, 6.07) is 1.90. The summed E-state index contributed by atoms with van der Waals surface area (Å²) < 4.78 is 13.3. The van der Waals surface area contributed by atoms with Crippen LogP contribution in [0.2, 0.25) is 0 Å². The lowest BCUT2D eigenvalue weighted by Gasteiger charge is -1.99. The highest BCUT2D eigenvalue weighted by Gasteiger charge is 2.10. The van der Waals surface area contributed by atoms with E-state index in [4.69, 9.17) is 11.0 Å². The van der Waals surface area contributed by atoms with Gasteiger partial charge in [-0.15, -0.1) is 0 Å². The van der Waals surface area contributed by atoms with E-state index >= 15 is 0 Å². The van der Waals surface area contributed by atoms with Gasteiger partial charge in [-0.25, -0.2) is 4.39 Å². The van der Waals surface area contributed by atoms with Crippen molar-refractivity contribution in [3.8, 4) is 6.07 Å². The molecule has 2 N–H and O–H groups in total. The summed E-state index contributed by atoms with van der Waals surface area (Å²) in [6.45, 7) is 2.99. The van der Waals surface area contributed by atoms with E-state index in [1.54, 1.807) is 0 Å². The topological polar surface area (TPSA) is 67.6 Å². The second kappa shape index (κ2) is 3.72. The molecule has 13 heavy (non-hydrogen) atoms. The monoisotopic (exact) mass is 180 g/mol. The van der Waals surface area contributed by atoms with Gasteiger partial charge < -0.3 is 5.73 Å². The van der Waals surface area contributed by atoms with Crippen LogP contribution in [0.4, 0.5) is 4.39 Å². The molecule has 4 nitrogen and oxygen atoms in total.